The van der Waals surface area contributed by atoms with Crippen LogP contribution in [0.5, 0.6) is 0 Å². The molecule has 5 heteroatoms. The Balaban J connectivity index is 1.78. The molecule has 0 aliphatic carbocycles. The molecule has 2 aliphatic heterocycles. The van der Waals surface area contributed by atoms with Crippen LogP contribution in [0.25, 0.3) is 0 Å². The molecule has 2 atom stereocenters. The van der Waals surface area contributed by atoms with Gasteiger partial charge < -0.3 is 14.0 Å². The van der Waals surface area contributed by atoms with E-state index < -0.39 is 0 Å². The molecule has 2 unspecified atom stereocenters. The smallest absolute Gasteiger partial charge is 0.122 e. The van der Waals surface area contributed by atoms with Gasteiger partial charge >= 0.3 is 0 Å². The number of methoxy groups -OCH3 is 1. The molecule has 100 valence electrons. The maximum atomic E-state index is 5.52. The van der Waals surface area contributed by atoms with Gasteiger partial charge in [0.25, 0.3) is 0 Å². The minimum absolute atomic E-state index is 0.533. The van der Waals surface area contributed by atoms with E-state index in [9.17, 15) is 0 Å². The van der Waals surface area contributed by atoms with Crippen molar-refractivity contribution < 1.29 is 9.47 Å². The summed E-state index contributed by atoms with van der Waals surface area (Å²) in [7, 11) is 1.78. The molecule has 0 N–H and O–H groups in total. The molecule has 2 aliphatic rings. The van der Waals surface area contributed by atoms with Crippen molar-refractivity contribution in [3.8, 4) is 0 Å². The van der Waals surface area contributed by atoms with E-state index in [-0.39, 0.29) is 0 Å². The summed E-state index contributed by atoms with van der Waals surface area (Å²) in [5.41, 5.74) is 0. The fourth-order valence-electron chi connectivity index (χ4n) is 3.00. The third-order valence-electron chi connectivity index (χ3n) is 3.92. The Morgan fingerprint density at radius 2 is 2.44 bits per heavy atom. The lowest BCUT2D eigenvalue weighted by atomic mass is 10.1. The molecular formula is C13H21N3O2. The molecule has 18 heavy (non-hydrogen) atoms. The lowest BCUT2D eigenvalue weighted by molar-refractivity contribution is 0.0902. The van der Waals surface area contributed by atoms with E-state index in [1.807, 2.05) is 6.20 Å². The van der Waals surface area contributed by atoms with Crippen LogP contribution in [0.15, 0.2) is 12.4 Å². The first-order valence-corrected chi connectivity index (χ1v) is 6.67. The van der Waals surface area contributed by atoms with Crippen molar-refractivity contribution in [2.45, 2.75) is 25.6 Å². The first-order valence-electron chi connectivity index (χ1n) is 6.67. The zero-order valence-corrected chi connectivity index (χ0v) is 10.9. The molecular weight excluding hydrogens is 230 g/mol. The van der Waals surface area contributed by atoms with Crippen molar-refractivity contribution in [2.24, 2.45) is 5.92 Å². The van der Waals surface area contributed by atoms with E-state index in [4.69, 9.17) is 9.47 Å². The summed E-state index contributed by atoms with van der Waals surface area (Å²) in [6, 6.07) is 0.549. The highest BCUT2D eigenvalue weighted by molar-refractivity contribution is 4.97. The van der Waals surface area contributed by atoms with Crippen molar-refractivity contribution in [1.82, 2.24) is 14.5 Å². The Morgan fingerprint density at radius 1 is 1.50 bits per heavy atom. The van der Waals surface area contributed by atoms with Gasteiger partial charge in [0.2, 0.25) is 0 Å². The molecule has 0 saturated carbocycles. The number of rotatable bonds is 3. The highest BCUT2D eigenvalue weighted by atomic mass is 16.5. The molecule has 1 aromatic heterocycles. The van der Waals surface area contributed by atoms with Gasteiger partial charge in [-0.1, -0.05) is 0 Å². The van der Waals surface area contributed by atoms with Crippen molar-refractivity contribution >= 4 is 0 Å². The van der Waals surface area contributed by atoms with Crippen LogP contribution in [0.2, 0.25) is 0 Å². The Bertz CT molecular complexity index is 387. The first-order chi connectivity index (χ1) is 8.86. The second-order valence-corrected chi connectivity index (χ2v) is 5.26. The fraction of sp³-hybridized carbons (Fsp3) is 0.769. The molecule has 3 heterocycles. The molecule has 0 aromatic carbocycles. The zero-order valence-electron chi connectivity index (χ0n) is 10.9. The third-order valence-corrected chi connectivity index (χ3v) is 3.92. The summed E-state index contributed by atoms with van der Waals surface area (Å²) in [6.45, 7) is 5.58. The van der Waals surface area contributed by atoms with Crippen molar-refractivity contribution in [3.05, 3.63) is 18.2 Å². The normalized spacial score (nSPS) is 29.2. The Labute approximate surface area is 108 Å². The molecule has 1 fully saturated rings. The second kappa shape index (κ2) is 5.38. The topological polar surface area (TPSA) is 39.5 Å². The van der Waals surface area contributed by atoms with E-state index in [0.29, 0.717) is 12.0 Å². The highest BCUT2D eigenvalue weighted by Crippen LogP contribution is 2.21. The van der Waals surface area contributed by atoms with Gasteiger partial charge in [0, 0.05) is 51.2 Å². The van der Waals surface area contributed by atoms with Gasteiger partial charge in [-0.25, -0.2) is 4.98 Å². The molecule has 0 radical (unpaired) electrons. The van der Waals surface area contributed by atoms with E-state index in [1.54, 1.807) is 7.11 Å². The maximum absolute atomic E-state index is 5.52. The van der Waals surface area contributed by atoms with Gasteiger partial charge in [0.1, 0.15) is 5.82 Å². The molecule has 0 bridgehead atoms. The molecule has 3 rings (SSSR count). The van der Waals surface area contributed by atoms with Gasteiger partial charge in [-0.05, 0) is 6.42 Å². The average Bonchev–Trinajstić information content (AvgIpc) is 2.99. The first kappa shape index (κ1) is 12.1. The van der Waals surface area contributed by atoms with Crippen LogP contribution in [0.4, 0.5) is 0 Å². The number of hydrogen-bond donors (Lipinski definition) is 0. The Hall–Kier alpha value is -0.910. The lowest BCUT2D eigenvalue weighted by Gasteiger charge is -2.28. The van der Waals surface area contributed by atoms with Gasteiger partial charge in [-0.2, -0.15) is 0 Å². The van der Waals surface area contributed by atoms with Crippen molar-refractivity contribution in [1.29, 1.82) is 0 Å². The van der Waals surface area contributed by atoms with Crippen LogP contribution >= 0.6 is 0 Å². The van der Waals surface area contributed by atoms with Crippen LogP contribution in [-0.2, 0) is 22.6 Å². The van der Waals surface area contributed by atoms with E-state index in [2.05, 4.69) is 20.6 Å². The van der Waals surface area contributed by atoms with Gasteiger partial charge in [0.15, 0.2) is 0 Å². The van der Waals surface area contributed by atoms with Crippen LogP contribution in [0.3, 0.4) is 0 Å². The predicted octanol–water partition coefficient (Wildman–Crippen LogP) is 0.750. The summed E-state index contributed by atoms with van der Waals surface area (Å²) < 4.78 is 13.1. The van der Waals surface area contributed by atoms with Crippen LogP contribution < -0.4 is 0 Å². The average molecular weight is 251 g/mol. The summed E-state index contributed by atoms with van der Waals surface area (Å²) in [6.07, 6.45) is 5.11. The summed E-state index contributed by atoms with van der Waals surface area (Å²) in [4.78, 5) is 6.99. The summed E-state index contributed by atoms with van der Waals surface area (Å²) in [5.74, 6) is 1.70. The zero-order chi connectivity index (χ0) is 12.4. The second-order valence-electron chi connectivity index (χ2n) is 5.26. The third kappa shape index (κ3) is 2.43. The largest absolute Gasteiger partial charge is 0.384 e. The number of nitrogens with zero attached hydrogens (tertiary/aromatic N) is 3. The van der Waals surface area contributed by atoms with Crippen molar-refractivity contribution in [2.75, 3.05) is 33.5 Å². The molecule has 0 spiro atoms. The lowest BCUT2D eigenvalue weighted by Crippen LogP contribution is -2.38. The number of hydrogen-bond acceptors (Lipinski definition) is 4. The van der Waals surface area contributed by atoms with Crippen LogP contribution in [-0.4, -0.2) is 54.0 Å². The van der Waals surface area contributed by atoms with Crippen molar-refractivity contribution in [3.63, 3.8) is 0 Å². The highest BCUT2D eigenvalue weighted by Gasteiger charge is 2.29. The quantitative estimate of drug-likeness (QED) is 0.795. The van der Waals surface area contributed by atoms with E-state index in [0.717, 1.165) is 45.9 Å². The SMILES string of the molecule is COCC1CN(C2CCOC2)Cc2nccn2C1. The minimum Gasteiger partial charge on any atom is -0.384 e. The van der Waals surface area contributed by atoms with Gasteiger partial charge in [0.05, 0.1) is 19.8 Å². The van der Waals surface area contributed by atoms with E-state index >= 15 is 0 Å². The van der Waals surface area contributed by atoms with Gasteiger partial charge in [-0.15, -0.1) is 0 Å². The number of aromatic nitrogens is 2. The predicted molar refractivity (Wildman–Crippen MR) is 67.2 cm³/mol. The summed E-state index contributed by atoms with van der Waals surface area (Å²) >= 11 is 0. The monoisotopic (exact) mass is 251 g/mol. The maximum Gasteiger partial charge on any atom is 0.122 e. The molecule has 5 nitrogen and oxygen atoms in total. The molecule has 0 amide bonds. The minimum atomic E-state index is 0.533. The van der Waals surface area contributed by atoms with Crippen LogP contribution in [0, 0.1) is 5.92 Å². The van der Waals surface area contributed by atoms with Gasteiger partial charge in [-0.3, -0.25) is 4.90 Å². The van der Waals surface area contributed by atoms with Crippen LogP contribution in [0.1, 0.15) is 12.2 Å². The number of fused-ring (bicyclic) bond motifs is 1. The number of ether oxygens (including phenoxy) is 2. The Kier molecular flexibility index (Phi) is 3.63. The van der Waals surface area contributed by atoms with E-state index in [1.165, 1.54) is 5.82 Å². The Morgan fingerprint density at radius 3 is 3.22 bits per heavy atom. The molecule has 1 saturated heterocycles. The standard InChI is InChI=1S/C13H21N3O2/c1-17-9-11-6-15-4-3-14-13(15)8-16(7-11)12-2-5-18-10-12/h3-4,11-12H,2,5-10H2,1H3. The fourth-order valence-corrected chi connectivity index (χ4v) is 3.00. The summed E-state index contributed by atoms with van der Waals surface area (Å²) in [5, 5.41) is 0. The molecule has 1 aromatic rings. The number of imidazole rings is 1.